The number of carboxylic acids is 1. The van der Waals surface area contributed by atoms with Crippen molar-refractivity contribution in [2.45, 2.75) is 26.2 Å². The van der Waals surface area contributed by atoms with Crippen LogP contribution in [0.25, 0.3) is 0 Å². The highest BCUT2D eigenvalue weighted by Gasteiger charge is 2.39. The van der Waals surface area contributed by atoms with Crippen LogP contribution in [0.15, 0.2) is 54.6 Å². The molecular weight excluding hydrogens is 356 g/mol. The van der Waals surface area contributed by atoms with Crippen molar-refractivity contribution in [3.63, 3.8) is 0 Å². The minimum absolute atomic E-state index is 0.0669. The van der Waals surface area contributed by atoms with Gasteiger partial charge in [-0.1, -0.05) is 30.3 Å². The Bertz CT molecular complexity index is 881. The van der Waals surface area contributed by atoms with E-state index < -0.39 is 11.4 Å². The molecule has 3 rings (SSSR count). The lowest BCUT2D eigenvalue weighted by Crippen LogP contribution is -2.50. The average Bonchev–Trinajstić information content (AvgIpc) is 2.68. The largest absolute Gasteiger partial charge is 0.481 e. The van der Waals surface area contributed by atoms with E-state index in [0.717, 1.165) is 6.42 Å². The van der Waals surface area contributed by atoms with Crippen LogP contribution in [0.2, 0.25) is 0 Å². The fraction of sp³-hybridized carbons (Fsp3) is 0.318. The number of likely N-dealkylation sites (tertiary alicyclic amines) is 1. The first-order valence-corrected chi connectivity index (χ1v) is 9.34. The van der Waals surface area contributed by atoms with Gasteiger partial charge in [0.25, 0.3) is 5.91 Å². The van der Waals surface area contributed by atoms with Crippen LogP contribution in [0.1, 0.15) is 35.7 Å². The average molecular weight is 380 g/mol. The summed E-state index contributed by atoms with van der Waals surface area (Å²) in [6.45, 7) is 2.85. The molecular formula is C22H24N2O4. The normalized spacial score (nSPS) is 19.1. The summed E-state index contributed by atoms with van der Waals surface area (Å²) in [5, 5.41) is 11.8. The minimum atomic E-state index is -0.919. The molecule has 2 aromatic rings. The second-order valence-corrected chi connectivity index (χ2v) is 7.48. The Morgan fingerprint density at radius 1 is 1.11 bits per heavy atom. The highest BCUT2D eigenvalue weighted by atomic mass is 16.4. The van der Waals surface area contributed by atoms with Gasteiger partial charge in [0, 0.05) is 24.3 Å². The number of amides is 2. The molecule has 0 bridgehead atoms. The van der Waals surface area contributed by atoms with Crippen molar-refractivity contribution in [3.8, 4) is 0 Å². The minimum Gasteiger partial charge on any atom is -0.481 e. The summed E-state index contributed by atoms with van der Waals surface area (Å²) >= 11 is 0. The van der Waals surface area contributed by atoms with Crippen LogP contribution in [0.4, 0.5) is 5.69 Å². The molecule has 1 fully saturated rings. The van der Waals surface area contributed by atoms with Gasteiger partial charge in [-0.2, -0.15) is 0 Å². The molecule has 28 heavy (non-hydrogen) atoms. The second kappa shape index (κ2) is 8.25. The number of nitrogens with zero attached hydrogens (tertiary/aromatic N) is 1. The van der Waals surface area contributed by atoms with E-state index >= 15 is 0 Å². The van der Waals surface area contributed by atoms with Gasteiger partial charge in [-0.15, -0.1) is 0 Å². The molecule has 1 unspecified atom stereocenters. The van der Waals surface area contributed by atoms with Crippen molar-refractivity contribution in [2.24, 2.45) is 5.41 Å². The van der Waals surface area contributed by atoms with Crippen molar-refractivity contribution in [1.29, 1.82) is 0 Å². The van der Waals surface area contributed by atoms with Crippen LogP contribution in [0.5, 0.6) is 0 Å². The quantitative estimate of drug-likeness (QED) is 0.834. The molecule has 2 N–H and O–H groups in total. The Kier molecular flexibility index (Phi) is 5.78. The monoisotopic (exact) mass is 380 g/mol. The standard InChI is InChI=1S/C22H24N2O4/c1-22(21(28)23-18-10-5-7-16(13-18)14-19(25)26)11-6-12-24(15-22)20(27)17-8-3-2-4-9-17/h2-5,7-10,13H,6,11-12,14-15H2,1H3,(H,23,28)(H,25,26). The summed E-state index contributed by atoms with van der Waals surface area (Å²) in [6.07, 6.45) is 1.34. The van der Waals surface area contributed by atoms with Crippen LogP contribution in [-0.4, -0.2) is 40.9 Å². The van der Waals surface area contributed by atoms with E-state index in [-0.39, 0.29) is 18.2 Å². The number of carbonyl (C=O) groups excluding carboxylic acids is 2. The Labute approximate surface area is 164 Å². The van der Waals surface area contributed by atoms with Gasteiger partial charge in [0.2, 0.25) is 5.91 Å². The Hall–Kier alpha value is -3.15. The van der Waals surface area contributed by atoms with E-state index in [9.17, 15) is 14.4 Å². The molecule has 0 spiro atoms. The van der Waals surface area contributed by atoms with Gasteiger partial charge in [0.1, 0.15) is 0 Å². The third-order valence-corrected chi connectivity index (χ3v) is 5.09. The molecule has 1 atom stereocenters. The molecule has 0 aliphatic carbocycles. The van der Waals surface area contributed by atoms with Crippen LogP contribution in [0.3, 0.4) is 0 Å². The molecule has 6 nitrogen and oxygen atoms in total. The first-order chi connectivity index (χ1) is 13.4. The second-order valence-electron chi connectivity index (χ2n) is 7.48. The fourth-order valence-corrected chi connectivity index (χ4v) is 3.58. The molecule has 1 aliphatic heterocycles. The van der Waals surface area contributed by atoms with E-state index in [2.05, 4.69) is 5.32 Å². The van der Waals surface area contributed by atoms with Gasteiger partial charge in [-0.05, 0) is 49.6 Å². The first kappa shape index (κ1) is 19.6. The van der Waals surface area contributed by atoms with Crippen LogP contribution in [-0.2, 0) is 16.0 Å². The number of nitrogens with one attached hydrogen (secondary N) is 1. The number of anilines is 1. The Morgan fingerprint density at radius 3 is 2.57 bits per heavy atom. The maximum atomic E-state index is 13.0. The topological polar surface area (TPSA) is 86.7 Å². The van der Waals surface area contributed by atoms with Gasteiger partial charge in [0.05, 0.1) is 11.8 Å². The van der Waals surface area contributed by atoms with E-state index in [1.807, 2.05) is 25.1 Å². The zero-order valence-electron chi connectivity index (χ0n) is 15.9. The third-order valence-electron chi connectivity index (χ3n) is 5.09. The van der Waals surface area contributed by atoms with Gasteiger partial charge in [-0.3, -0.25) is 14.4 Å². The number of rotatable bonds is 5. The number of carboxylic acid groups (broad SMARTS) is 1. The number of aliphatic carboxylic acids is 1. The van der Waals surface area contributed by atoms with Crippen molar-refractivity contribution >= 4 is 23.5 Å². The number of piperidine rings is 1. The Balaban J connectivity index is 1.70. The summed E-state index contributed by atoms with van der Waals surface area (Å²) in [5.74, 6) is -1.15. The smallest absolute Gasteiger partial charge is 0.307 e. The van der Waals surface area contributed by atoms with Crippen LogP contribution in [0, 0.1) is 5.41 Å². The summed E-state index contributed by atoms with van der Waals surface area (Å²) in [4.78, 5) is 38.3. The van der Waals surface area contributed by atoms with E-state index in [1.165, 1.54) is 0 Å². The number of carbonyl (C=O) groups is 3. The van der Waals surface area contributed by atoms with Crippen LogP contribution >= 0.6 is 0 Å². The summed E-state index contributed by atoms with van der Waals surface area (Å²) in [7, 11) is 0. The van der Waals surface area contributed by atoms with Gasteiger partial charge in [-0.25, -0.2) is 0 Å². The van der Waals surface area contributed by atoms with Crippen molar-refractivity contribution in [3.05, 3.63) is 65.7 Å². The molecule has 0 radical (unpaired) electrons. The molecule has 2 aromatic carbocycles. The lowest BCUT2D eigenvalue weighted by molar-refractivity contribution is -0.136. The lowest BCUT2D eigenvalue weighted by atomic mass is 9.80. The van der Waals surface area contributed by atoms with Gasteiger partial charge in [0.15, 0.2) is 0 Å². The molecule has 2 amide bonds. The Morgan fingerprint density at radius 2 is 1.86 bits per heavy atom. The summed E-state index contributed by atoms with van der Waals surface area (Å²) in [5.41, 5.74) is 1.11. The van der Waals surface area contributed by atoms with E-state index in [0.29, 0.717) is 36.3 Å². The molecule has 1 saturated heterocycles. The summed E-state index contributed by atoms with van der Waals surface area (Å²) in [6, 6.07) is 15.9. The highest BCUT2D eigenvalue weighted by molar-refractivity contribution is 5.97. The van der Waals surface area contributed by atoms with Crippen molar-refractivity contribution < 1.29 is 19.5 Å². The van der Waals surface area contributed by atoms with E-state index in [4.69, 9.17) is 5.11 Å². The first-order valence-electron chi connectivity index (χ1n) is 9.34. The molecule has 146 valence electrons. The number of hydrogen-bond donors (Lipinski definition) is 2. The van der Waals surface area contributed by atoms with Gasteiger partial charge < -0.3 is 15.3 Å². The molecule has 1 aliphatic rings. The van der Waals surface area contributed by atoms with Crippen molar-refractivity contribution in [2.75, 3.05) is 18.4 Å². The number of benzene rings is 2. The fourth-order valence-electron chi connectivity index (χ4n) is 3.58. The maximum absolute atomic E-state index is 13.0. The maximum Gasteiger partial charge on any atom is 0.307 e. The molecule has 0 saturated carbocycles. The third kappa shape index (κ3) is 4.57. The SMILES string of the molecule is CC1(C(=O)Nc2cccc(CC(=O)O)c2)CCCN(C(=O)c2ccccc2)C1. The zero-order chi connectivity index (χ0) is 20.1. The van der Waals surface area contributed by atoms with E-state index in [1.54, 1.807) is 41.3 Å². The molecule has 0 aromatic heterocycles. The number of hydrogen-bond acceptors (Lipinski definition) is 3. The summed E-state index contributed by atoms with van der Waals surface area (Å²) < 4.78 is 0. The molecule has 1 heterocycles. The lowest BCUT2D eigenvalue weighted by Gasteiger charge is -2.39. The van der Waals surface area contributed by atoms with Gasteiger partial charge >= 0.3 is 5.97 Å². The van der Waals surface area contributed by atoms with Crippen molar-refractivity contribution in [1.82, 2.24) is 4.90 Å². The predicted molar refractivity (Wildman–Crippen MR) is 106 cm³/mol. The zero-order valence-corrected chi connectivity index (χ0v) is 15.9. The predicted octanol–water partition coefficient (Wildman–Crippen LogP) is 3.19. The highest BCUT2D eigenvalue weighted by Crippen LogP contribution is 2.32. The van der Waals surface area contributed by atoms with Crippen LogP contribution < -0.4 is 5.32 Å². The molecule has 6 heteroatoms.